The van der Waals surface area contributed by atoms with Crippen molar-refractivity contribution in [3.63, 3.8) is 0 Å². The fraction of sp³-hybridized carbons (Fsp3) is 0.600. The van der Waals surface area contributed by atoms with E-state index >= 15 is 0 Å². The average Bonchev–Trinajstić information content (AvgIpc) is 2.76. The van der Waals surface area contributed by atoms with Crippen LogP contribution in [0.25, 0.3) is 0 Å². The molecule has 1 aromatic rings. The number of nitrogens with zero attached hydrogens (tertiary/aromatic N) is 1. The minimum atomic E-state index is -0.414. The summed E-state index contributed by atoms with van der Waals surface area (Å²) in [6.45, 7) is 4.53. The number of amides is 1. The van der Waals surface area contributed by atoms with Crippen LogP contribution in [0.3, 0.4) is 0 Å². The standard InChI is InChI=1S/C10H17N3OS/c1-3-7(2)9(11)10(14)13-5-8-4-12-6-15-8/h4,6-7,9H,3,5,11H2,1-2H3,(H,13,14)/t7?,9-/m0/s1. The van der Waals surface area contributed by atoms with Crippen molar-refractivity contribution in [3.8, 4) is 0 Å². The molecular formula is C10H17N3OS. The predicted molar refractivity (Wildman–Crippen MR) is 61.4 cm³/mol. The molecule has 0 bridgehead atoms. The number of thiazole rings is 1. The lowest BCUT2D eigenvalue weighted by Gasteiger charge is -2.17. The van der Waals surface area contributed by atoms with Crippen LogP contribution in [0.4, 0.5) is 0 Å². The minimum absolute atomic E-state index is 0.0854. The molecule has 0 saturated carbocycles. The molecule has 0 aliphatic rings. The van der Waals surface area contributed by atoms with E-state index in [1.54, 1.807) is 11.7 Å². The monoisotopic (exact) mass is 227 g/mol. The molecule has 0 aliphatic heterocycles. The third-order valence-corrected chi connectivity index (χ3v) is 3.26. The highest BCUT2D eigenvalue weighted by Gasteiger charge is 2.18. The Labute approximate surface area is 93.9 Å². The SMILES string of the molecule is CCC(C)[C@H](N)C(=O)NCc1cncs1. The summed E-state index contributed by atoms with van der Waals surface area (Å²) in [5, 5.41) is 2.81. The minimum Gasteiger partial charge on any atom is -0.350 e. The zero-order valence-electron chi connectivity index (χ0n) is 9.06. The molecule has 5 heteroatoms. The Balaban J connectivity index is 2.36. The van der Waals surface area contributed by atoms with Crippen LogP contribution in [0.5, 0.6) is 0 Å². The largest absolute Gasteiger partial charge is 0.350 e. The third kappa shape index (κ3) is 3.60. The van der Waals surface area contributed by atoms with Crippen molar-refractivity contribution in [2.45, 2.75) is 32.9 Å². The van der Waals surface area contributed by atoms with Gasteiger partial charge in [-0.3, -0.25) is 9.78 Å². The van der Waals surface area contributed by atoms with Crippen molar-refractivity contribution in [2.24, 2.45) is 11.7 Å². The highest BCUT2D eigenvalue weighted by Crippen LogP contribution is 2.07. The van der Waals surface area contributed by atoms with E-state index in [1.807, 2.05) is 13.8 Å². The van der Waals surface area contributed by atoms with Crippen molar-refractivity contribution in [3.05, 3.63) is 16.6 Å². The molecule has 1 amide bonds. The van der Waals surface area contributed by atoms with Gasteiger partial charge in [0, 0.05) is 11.1 Å². The summed E-state index contributed by atoms with van der Waals surface area (Å²) < 4.78 is 0. The van der Waals surface area contributed by atoms with E-state index in [9.17, 15) is 4.79 Å². The molecule has 0 aromatic carbocycles. The van der Waals surface area contributed by atoms with Crippen LogP contribution in [0.2, 0.25) is 0 Å². The van der Waals surface area contributed by atoms with Crippen molar-refractivity contribution in [1.29, 1.82) is 0 Å². The zero-order valence-corrected chi connectivity index (χ0v) is 9.88. The number of aromatic nitrogens is 1. The van der Waals surface area contributed by atoms with Gasteiger partial charge in [0.1, 0.15) is 0 Å². The number of hydrogen-bond acceptors (Lipinski definition) is 4. The third-order valence-electron chi connectivity index (χ3n) is 2.48. The number of rotatable bonds is 5. The second kappa shape index (κ2) is 5.82. The van der Waals surface area contributed by atoms with Gasteiger partial charge in [0.05, 0.1) is 18.1 Å². The Kier molecular flexibility index (Phi) is 4.71. The first-order valence-corrected chi connectivity index (χ1v) is 5.93. The molecular weight excluding hydrogens is 210 g/mol. The fourth-order valence-electron chi connectivity index (χ4n) is 1.13. The second-order valence-electron chi connectivity index (χ2n) is 3.60. The maximum absolute atomic E-state index is 11.6. The topological polar surface area (TPSA) is 68.0 Å². The van der Waals surface area contributed by atoms with Crippen molar-refractivity contribution >= 4 is 17.2 Å². The van der Waals surface area contributed by atoms with E-state index in [-0.39, 0.29) is 11.8 Å². The van der Waals surface area contributed by atoms with E-state index < -0.39 is 6.04 Å². The summed E-state index contributed by atoms with van der Waals surface area (Å²) in [6.07, 6.45) is 2.66. The maximum Gasteiger partial charge on any atom is 0.237 e. The molecule has 84 valence electrons. The molecule has 3 N–H and O–H groups in total. The first-order chi connectivity index (χ1) is 7.15. The summed E-state index contributed by atoms with van der Waals surface area (Å²) in [6, 6.07) is -0.414. The van der Waals surface area contributed by atoms with Gasteiger partial charge in [0.2, 0.25) is 5.91 Å². The van der Waals surface area contributed by atoms with E-state index in [0.29, 0.717) is 6.54 Å². The quantitative estimate of drug-likeness (QED) is 0.792. The summed E-state index contributed by atoms with van der Waals surface area (Å²) in [5.41, 5.74) is 7.53. The normalized spacial score (nSPS) is 14.6. The van der Waals surface area contributed by atoms with Crippen molar-refractivity contribution in [2.75, 3.05) is 0 Å². The van der Waals surface area contributed by atoms with Crippen LogP contribution < -0.4 is 11.1 Å². The molecule has 15 heavy (non-hydrogen) atoms. The molecule has 1 aromatic heterocycles. The van der Waals surface area contributed by atoms with Gasteiger partial charge in [-0.05, 0) is 5.92 Å². The Morgan fingerprint density at radius 1 is 1.73 bits per heavy atom. The van der Waals surface area contributed by atoms with E-state index in [1.165, 1.54) is 11.3 Å². The van der Waals surface area contributed by atoms with Crippen LogP contribution in [0, 0.1) is 5.92 Å². The van der Waals surface area contributed by atoms with Gasteiger partial charge in [0.25, 0.3) is 0 Å². The fourth-order valence-corrected chi connectivity index (χ4v) is 1.67. The number of nitrogens with two attached hydrogens (primary N) is 1. The van der Waals surface area contributed by atoms with Gasteiger partial charge < -0.3 is 11.1 Å². The van der Waals surface area contributed by atoms with Crippen LogP contribution >= 0.6 is 11.3 Å². The van der Waals surface area contributed by atoms with Crippen LogP contribution in [0.1, 0.15) is 25.1 Å². The lowest BCUT2D eigenvalue weighted by Crippen LogP contribution is -2.44. The summed E-state index contributed by atoms with van der Waals surface area (Å²) >= 11 is 1.52. The van der Waals surface area contributed by atoms with E-state index in [0.717, 1.165) is 11.3 Å². The molecule has 0 radical (unpaired) electrons. The van der Waals surface area contributed by atoms with Crippen molar-refractivity contribution < 1.29 is 4.79 Å². The van der Waals surface area contributed by atoms with Crippen LogP contribution in [0.15, 0.2) is 11.7 Å². The molecule has 0 aliphatic carbocycles. The molecule has 4 nitrogen and oxygen atoms in total. The predicted octanol–water partition coefficient (Wildman–Crippen LogP) is 1.13. The molecule has 2 atom stereocenters. The smallest absolute Gasteiger partial charge is 0.237 e. The van der Waals surface area contributed by atoms with Crippen LogP contribution in [-0.2, 0) is 11.3 Å². The van der Waals surface area contributed by atoms with Crippen LogP contribution in [-0.4, -0.2) is 16.9 Å². The summed E-state index contributed by atoms with van der Waals surface area (Å²) in [5.74, 6) is 0.129. The van der Waals surface area contributed by atoms with Gasteiger partial charge in [0.15, 0.2) is 0 Å². The lowest BCUT2D eigenvalue weighted by molar-refractivity contribution is -0.123. The number of nitrogens with one attached hydrogen (secondary N) is 1. The molecule has 1 unspecified atom stereocenters. The summed E-state index contributed by atoms with van der Waals surface area (Å²) in [7, 11) is 0. The number of carbonyl (C=O) groups excluding carboxylic acids is 1. The molecule has 0 fully saturated rings. The highest BCUT2D eigenvalue weighted by molar-refractivity contribution is 7.09. The first kappa shape index (κ1) is 12.1. The number of hydrogen-bond donors (Lipinski definition) is 2. The number of carbonyl (C=O) groups is 1. The van der Waals surface area contributed by atoms with Gasteiger partial charge in [-0.1, -0.05) is 20.3 Å². The first-order valence-electron chi connectivity index (χ1n) is 5.05. The second-order valence-corrected chi connectivity index (χ2v) is 4.57. The van der Waals surface area contributed by atoms with E-state index in [4.69, 9.17) is 5.73 Å². The Morgan fingerprint density at radius 3 is 3.00 bits per heavy atom. The van der Waals surface area contributed by atoms with Crippen molar-refractivity contribution in [1.82, 2.24) is 10.3 Å². The molecule has 1 heterocycles. The molecule has 0 spiro atoms. The maximum atomic E-state index is 11.6. The van der Waals surface area contributed by atoms with Gasteiger partial charge in [-0.15, -0.1) is 11.3 Å². The van der Waals surface area contributed by atoms with Gasteiger partial charge in [-0.25, -0.2) is 0 Å². The van der Waals surface area contributed by atoms with Gasteiger partial charge >= 0.3 is 0 Å². The van der Waals surface area contributed by atoms with E-state index in [2.05, 4.69) is 10.3 Å². The van der Waals surface area contributed by atoms with Gasteiger partial charge in [-0.2, -0.15) is 0 Å². The zero-order chi connectivity index (χ0) is 11.3. The Morgan fingerprint density at radius 2 is 2.47 bits per heavy atom. The molecule has 0 saturated heterocycles. The Bertz CT molecular complexity index is 300. The lowest BCUT2D eigenvalue weighted by atomic mass is 9.99. The Hall–Kier alpha value is -0.940. The average molecular weight is 227 g/mol. The molecule has 1 rings (SSSR count). The highest BCUT2D eigenvalue weighted by atomic mass is 32.1. The summed E-state index contributed by atoms with van der Waals surface area (Å²) in [4.78, 5) is 16.6.